The monoisotopic (exact) mass is 403 g/mol. The molecule has 0 bridgehead atoms. The lowest BCUT2D eigenvalue weighted by molar-refractivity contribution is 0.316. The number of anilines is 2. The fourth-order valence-electron chi connectivity index (χ4n) is 3.05. The fraction of sp³-hybridized carbons (Fsp3) is 0.455. The molecule has 0 saturated heterocycles. The van der Waals surface area contributed by atoms with Gasteiger partial charge in [-0.05, 0) is 55.9 Å². The van der Waals surface area contributed by atoms with Gasteiger partial charge < -0.3 is 10.2 Å². The number of rotatable bonds is 12. The maximum Gasteiger partial charge on any atom is 0.264 e. The normalized spacial score (nSPS) is 11.6. The zero-order chi connectivity index (χ0) is 20.4. The van der Waals surface area contributed by atoms with Gasteiger partial charge in [-0.3, -0.25) is 4.31 Å². The molecule has 5 nitrogen and oxygen atoms in total. The fourth-order valence-corrected chi connectivity index (χ4v) is 4.56. The van der Waals surface area contributed by atoms with Crippen LogP contribution in [0.1, 0.15) is 33.6 Å². The van der Waals surface area contributed by atoms with E-state index in [1.54, 1.807) is 12.1 Å². The van der Waals surface area contributed by atoms with Crippen LogP contribution >= 0.6 is 0 Å². The highest BCUT2D eigenvalue weighted by atomic mass is 32.2. The Morgan fingerprint density at radius 3 is 2.07 bits per heavy atom. The number of hydrogen-bond donors (Lipinski definition) is 1. The van der Waals surface area contributed by atoms with Crippen LogP contribution in [0.5, 0.6) is 0 Å². The quantitative estimate of drug-likeness (QED) is 0.569. The molecule has 0 atom stereocenters. The summed E-state index contributed by atoms with van der Waals surface area (Å²) in [5.41, 5.74) is 1.64. The van der Waals surface area contributed by atoms with Crippen LogP contribution in [0.3, 0.4) is 0 Å². The van der Waals surface area contributed by atoms with E-state index in [9.17, 15) is 8.42 Å². The number of likely N-dealkylation sites (N-methyl/N-ethyl adjacent to an activating group) is 1. The van der Waals surface area contributed by atoms with Gasteiger partial charge in [0.15, 0.2) is 0 Å². The van der Waals surface area contributed by atoms with E-state index in [-0.39, 0.29) is 0 Å². The Balaban J connectivity index is 2.12. The third-order valence-electron chi connectivity index (χ3n) is 4.85. The third kappa shape index (κ3) is 5.97. The van der Waals surface area contributed by atoms with Crippen LogP contribution < -0.4 is 9.62 Å². The summed E-state index contributed by atoms with van der Waals surface area (Å²) in [5.74, 6) is 0. The Labute approximate surface area is 170 Å². The minimum absolute atomic E-state index is 0.321. The third-order valence-corrected chi connectivity index (χ3v) is 6.69. The minimum atomic E-state index is -3.59. The summed E-state index contributed by atoms with van der Waals surface area (Å²) >= 11 is 0. The van der Waals surface area contributed by atoms with Crippen LogP contribution in [0.25, 0.3) is 0 Å². The lowest BCUT2D eigenvalue weighted by atomic mass is 10.3. The molecule has 0 unspecified atom stereocenters. The maximum atomic E-state index is 13.2. The highest BCUT2D eigenvalue weighted by Crippen LogP contribution is 2.25. The van der Waals surface area contributed by atoms with Gasteiger partial charge in [0.05, 0.1) is 10.6 Å². The SMILES string of the molecule is CCCCN(c1ccccc1)S(=O)(=O)c1ccc(NCCN(CC)CC)cc1. The lowest BCUT2D eigenvalue weighted by Gasteiger charge is -2.24. The van der Waals surface area contributed by atoms with Crippen molar-refractivity contribution < 1.29 is 8.42 Å². The van der Waals surface area contributed by atoms with Crippen LogP contribution in [0.2, 0.25) is 0 Å². The molecule has 154 valence electrons. The number of benzene rings is 2. The van der Waals surface area contributed by atoms with Gasteiger partial charge in [-0.15, -0.1) is 0 Å². The molecule has 2 rings (SSSR count). The summed E-state index contributed by atoms with van der Waals surface area (Å²) in [6, 6.07) is 16.4. The van der Waals surface area contributed by atoms with E-state index < -0.39 is 10.0 Å². The van der Waals surface area contributed by atoms with Crippen molar-refractivity contribution in [1.29, 1.82) is 0 Å². The Morgan fingerprint density at radius 1 is 0.857 bits per heavy atom. The molecule has 0 saturated carbocycles. The van der Waals surface area contributed by atoms with Crippen molar-refractivity contribution in [2.24, 2.45) is 0 Å². The molecule has 28 heavy (non-hydrogen) atoms. The highest BCUT2D eigenvalue weighted by Gasteiger charge is 2.24. The number of sulfonamides is 1. The second-order valence-corrected chi connectivity index (χ2v) is 8.61. The first kappa shape index (κ1) is 22.2. The van der Waals surface area contributed by atoms with E-state index in [1.165, 1.54) is 4.31 Å². The second-order valence-electron chi connectivity index (χ2n) is 6.74. The molecule has 6 heteroatoms. The Hall–Kier alpha value is -2.05. The van der Waals surface area contributed by atoms with Crippen LogP contribution in [0.4, 0.5) is 11.4 Å². The molecule has 0 aliphatic carbocycles. The van der Waals surface area contributed by atoms with Gasteiger partial charge in [0.2, 0.25) is 0 Å². The number of nitrogens with one attached hydrogen (secondary N) is 1. The van der Waals surface area contributed by atoms with Crippen molar-refractivity contribution in [1.82, 2.24) is 4.90 Å². The largest absolute Gasteiger partial charge is 0.384 e. The van der Waals surface area contributed by atoms with Gasteiger partial charge >= 0.3 is 0 Å². The maximum absolute atomic E-state index is 13.2. The lowest BCUT2D eigenvalue weighted by Crippen LogP contribution is -2.32. The molecule has 0 radical (unpaired) electrons. The van der Waals surface area contributed by atoms with Gasteiger partial charge in [0.25, 0.3) is 10.0 Å². The van der Waals surface area contributed by atoms with Crippen molar-refractivity contribution in [3.05, 3.63) is 54.6 Å². The zero-order valence-corrected chi connectivity index (χ0v) is 18.1. The molecular weight excluding hydrogens is 370 g/mol. The van der Waals surface area contributed by atoms with Crippen LogP contribution in [-0.4, -0.2) is 46.0 Å². The summed E-state index contributed by atoms with van der Waals surface area (Å²) in [5, 5.41) is 3.37. The van der Waals surface area contributed by atoms with Crippen molar-refractivity contribution in [3.63, 3.8) is 0 Å². The van der Waals surface area contributed by atoms with Crippen LogP contribution in [-0.2, 0) is 10.0 Å². The molecule has 1 N–H and O–H groups in total. The summed E-state index contributed by atoms with van der Waals surface area (Å²) in [6.45, 7) is 10.7. The molecule has 0 amide bonds. The van der Waals surface area contributed by atoms with E-state index in [4.69, 9.17) is 0 Å². The topological polar surface area (TPSA) is 52.7 Å². The summed E-state index contributed by atoms with van der Waals surface area (Å²) in [7, 11) is -3.59. The first-order valence-corrected chi connectivity index (χ1v) is 11.6. The average Bonchev–Trinajstić information content (AvgIpc) is 2.72. The Morgan fingerprint density at radius 2 is 1.50 bits per heavy atom. The number of para-hydroxylation sites is 1. The van der Waals surface area contributed by atoms with E-state index in [0.29, 0.717) is 17.1 Å². The predicted molar refractivity (Wildman–Crippen MR) is 119 cm³/mol. The van der Waals surface area contributed by atoms with Gasteiger partial charge in [-0.25, -0.2) is 8.42 Å². The van der Waals surface area contributed by atoms with Crippen molar-refractivity contribution in [3.8, 4) is 0 Å². The average molecular weight is 404 g/mol. The number of hydrogen-bond acceptors (Lipinski definition) is 4. The summed E-state index contributed by atoms with van der Waals surface area (Å²) in [6.07, 6.45) is 1.76. The molecule has 0 fully saturated rings. The number of unbranched alkanes of at least 4 members (excludes halogenated alkanes) is 1. The molecule has 0 aromatic heterocycles. The van der Waals surface area contributed by atoms with Crippen molar-refractivity contribution in [2.45, 2.75) is 38.5 Å². The van der Waals surface area contributed by atoms with E-state index in [2.05, 4.69) is 31.0 Å². The van der Waals surface area contributed by atoms with Crippen LogP contribution in [0.15, 0.2) is 59.5 Å². The zero-order valence-electron chi connectivity index (χ0n) is 17.3. The molecule has 0 aliphatic rings. The number of nitrogens with zero attached hydrogens (tertiary/aromatic N) is 2. The van der Waals surface area contributed by atoms with Gasteiger partial charge in [0, 0.05) is 25.3 Å². The smallest absolute Gasteiger partial charge is 0.264 e. The van der Waals surface area contributed by atoms with Gasteiger partial charge in [-0.1, -0.05) is 45.4 Å². The Kier molecular flexibility index (Phi) is 8.80. The van der Waals surface area contributed by atoms with Gasteiger partial charge in [-0.2, -0.15) is 0 Å². The standard InChI is InChI=1S/C22H33N3O2S/c1-4-7-18-25(21-11-9-8-10-12-21)28(26,27)22-15-13-20(14-16-22)23-17-19-24(5-2)6-3/h8-16,23H,4-7,17-19H2,1-3H3. The predicted octanol–water partition coefficient (Wildman–Crippen LogP) is 4.44. The molecule has 2 aromatic rings. The molecule has 0 heterocycles. The Bertz CT molecular complexity index is 788. The van der Waals surface area contributed by atoms with Crippen molar-refractivity contribution in [2.75, 3.05) is 42.3 Å². The highest BCUT2D eigenvalue weighted by molar-refractivity contribution is 7.92. The van der Waals surface area contributed by atoms with Gasteiger partial charge in [0.1, 0.15) is 0 Å². The molecular formula is C22H33N3O2S. The van der Waals surface area contributed by atoms with E-state index in [0.717, 1.165) is 44.7 Å². The van der Waals surface area contributed by atoms with Crippen molar-refractivity contribution >= 4 is 21.4 Å². The second kappa shape index (κ2) is 11.1. The molecule has 2 aromatic carbocycles. The minimum Gasteiger partial charge on any atom is -0.384 e. The van der Waals surface area contributed by atoms with E-state index in [1.807, 2.05) is 42.5 Å². The van der Waals surface area contributed by atoms with E-state index >= 15 is 0 Å². The first-order valence-electron chi connectivity index (χ1n) is 10.2. The summed E-state index contributed by atoms with van der Waals surface area (Å²) in [4.78, 5) is 2.67. The first-order chi connectivity index (χ1) is 13.5. The molecule has 0 spiro atoms. The molecule has 0 aliphatic heterocycles. The van der Waals surface area contributed by atoms with Crippen LogP contribution in [0, 0.1) is 0 Å². The summed E-state index contributed by atoms with van der Waals surface area (Å²) < 4.78 is 28.0.